The number of furan rings is 1. The lowest BCUT2D eigenvalue weighted by Gasteiger charge is -2.33. The average Bonchev–Trinajstić information content (AvgIpc) is 3.20. The van der Waals surface area contributed by atoms with Crippen LogP contribution >= 0.6 is 0 Å². The van der Waals surface area contributed by atoms with Gasteiger partial charge in [0.25, 0.3) is 5.56 Å². The number of aromatic nitrogens is 2. The van der Waals surface area contributed by atoms with Gasteiger partial charge < -0.3 is 9.32 Å². The number of benzene rings is 1. The van der Waals surface area contributed by atoms with Gasteiger partial charge in [-0.3, -0.25) is 14.2 Å². The van der Waals surface area contributed by atoms with Gasteiger partial charge in [0.1, 0.15) is 5.76 Å². The standard InChI is InChI=1S/C20H19N3O3/c24-19(10-9-16-6-4-12-26-16)22-11-3-5-15(13-22)23-14-21-18-8-2-1-7-17(18)20(23)25/h1-2,4,6-10,12,14-15H,3,5,11,13H2/b10-9+/t15-/m0/s1. The lowest BCUT2D eigenvalue weighted by molar-refractivity contribution is -0.127. The predicted octanol–water partition coefficient (Wildman–Crippen LogP) is 2.87. The van der Waals surface area contributed by atoms with E-state index in [-0.39, 0.29) is 17.5 Å². The van der Waals surface area contributed by atoms with Crippen molar-refractivity contribution in [2.45, 2.75) is 18.9 Å². The van der Waals surface area contributed by atoms with Crippen LogP contribution in [-0.2, 0) is 4.79 Å². The van der Waals surface area contributed by atoms with Gasteiger partial charge in [0.15, 0.2) is 0 Å². The molecule has 4 rings (SSSR count). The highest BCUT2D eigenvalue weighted by molar-refractivity contribution is 5.91. The molecule has 2 aromatic heterocycles. The number of carbonyl (C=O) groups excluding carboxylic acids is 1. The van der Waals surface area contributed by atoms with Crippen LogP contribution in [0.25, 0.3) is 17.0 Å². The number of rotatable bonds is 3. The van der Waals surface area contributed by atoms with Crippen molar-refractivity contribution in [3.8, 4) is 0 Å². The second kappa shape index (κ2) is 7.00. The summed E-state index contributed by atoms with van der Waals surface area (Å²) in [5, 5.41) is 0.608. The van der Waals surface area contributed by atoms with Crippen LogP contribution in [-0.4, -0.2) is 33.4 Å². The van der Waals surface area contributed by atoms with E-state index in [4.69, 9.17) is 4.42 Å². The van der Waals surface area contributed by atoms with E-state index in [1.807, 2.05) is 18.2 Å². The van der Waals surface area contributed by atoms with Crippen molar-refractivity contribution in [3.05, 3.63) is 71.2 Å². The first kappa shape index (κ1) is 16.3. The molecule has 1 aliphatic rings. The topological polar surface area (TPSA) is 68.3 Å². The number of carbonyl (C=O) groups is 1. The van der Waals surface area contributed by atoms with Crippen LogP contribution in [0.1, 0.15) is 24.6 Å². The molecule has 1 atom stereocenters. The second-order valence-corrected chi connectivity index (χ2v) is 6.40. The number of piperidine rings is 1. The molecule has 3 heterocycles. The van der Waals surface area contributed by atoms with Gasteiger partial charge in [-0.05, 0) is 43.2 Å². The van der Waals surface area contributed by atoms with Crippen LogP contribution in [0, 0.1) is 0 Å². The van der Waals surface area contributed by atoms with Gasteiger partial charge in [-0.25, -0.2) is 4.98 Å². The summed E-state index contributed by atoms with van der Waals surface area (Å²) in [5.41, 5.74) is 0.639. The molecule has 6 nitrogen and oxygen atoms in total. The van der Waals surface area contributed by atoms with E-state index in [1.165, 1.54) is 6.08 Å². The molecule has 132 valence electrons. The molecule has 0 spiro atoms. The van der Waals surface area contributed by atoms with Gasteiger partial charge in [0.05, 0.1) is 29.5 Å². The normalized spacial score (nSPS) is 17.8. The SMILES string of the molecule is O=C(/C=C/c1ccco1)N1CCC[C@H](n2cnc3ccccc3c2=O)C1. The minimum absolute atomic E-state index is 0.0546. The van der Waals surface area contributed by atoms with Gasteiger partial charge in [-0.15, -0.1) is 0 Å². The fourth-order valence-corrected chi connectivity index (χ4v) is 3.37. The van der Waals surface area contributed by atoms with Crippen molar-refractivity contribution in [2.75, 3.05) is 13.1 Å². The minimum Gasteiger partial charge on any atom is -0.465 e. The Morgan fingerprint density at radius 3 is 2.96 bits per heavy atom. The Morgan fingerprint density at radius 2 is 2.12 bits per heavy atom. The van der Waals surface area contributed by atoms with E-state index in [0.29, 0.717) is 29.8 Å². The van der Waals surface area contributed by atoms with E-state index in [0.717, 1.165) is 12.8 Å². The fourth-order valence-electron chi connectivity index (χ4n) is 3.37. The molecule has 0 aliphatic carbocycles. The molecule has 1 aliphatic heterocycles. The van der Waals surface area contributed by atoms with Crippen molar-refractivity contribution in [1.29, 1.82) is 0 Å². The third kappa shape index (κ3) is 3.18. The number of para-hydroxylation sites is 1. The third-order valence-electron chi connectivity index (χ3n) is 4.73. The second-order valence-electron chi connectivity index (χ2n) is 6.40. The summed E-state index contributed by atoms with van der Waals surface area (Å²) in [6, 6.07) is 10.8. The van der Waals surface area contributed by atoms with Crippen LogP contribution < -0.4 is 5.56 Å². The smallest absolute Gasteiger partial charge is 0.261 e. The molecular weight excluding hydrogens is 330 g/mol. The number of likely N-dealkylation sites (tertiary alicyclic amines) is 1. The maximum absolute atomic E-state index is 12.8. The van der Waals surface area contributed by atoms with Gasteiger partial charge >= 0.3 is 0 Å². The molecule has 1 fully saturated rings. The van der Waals surface area contributed by atoms with Crippen molar-refractivity contribution < 1.29 is 9.21 Å². The maximum Gasteiger partial charge on any atom is 0.261 e. The van der Waals surface area contributed by atoms with Crippen molar-refractivity contribution >= 4 is 22.9 Å². The maximum atomic E-state index is 12.8. The van der Waals surface area contributed by atoms with Crippen LogP contribution in [0.15, 0.2) is 64.3 Å². The number of nitrogens with zero attached hydrogens (tertiary/aromatic N) is 3. The van der Waals surface area contributed by atoms with Crippen molar-refractivity contribution in [2.24, 2.45) is 0 Å². The zero-order valence-corrected chi connectivity index (χ0v) is 14.2. The molecule has 1 aromatic carbocycles. The molecule has 3 aromatic rings. The summed E-state index contributed by atoms with van der Waals surface area (Å²) in [7, 11) is 0. The molecule has 1 amide bonds. The third-order valence-corrected chi connectivity index (χ3v) is 4.73. The zero-order chi connectivity index (χ0) is 17.9. The summed E-state index contributed by atoms with van der Waals surface area (Å²) in [5.74, 6) is 0.565. The highest BCUT2D eigenvalue weighted by atomic mass is 16.3. The molecule has 6 heteroatoms. The Labute approximate surface area is 150 Å². The molecule has 0 N–H and O–H groups in total. The summed E-state index contributed by atoms with van der Waals surface area (Å²) in [6.07, 6.45) is 8.05. The molecule has 26 heavy (non-hydrogen) atoms. The summed E-state index contributed by atoms with van der Waals surface area (Å²) in [6.45, 7) is 1.19. The Morgan fingerprint density at radius 1 is 1.23 bits per heavy atom. The van der Waals surface area contributed by atoms with Crippen LogP contribution in [0.3, 0.4) is 0 Å². The monoisotopic (exact) mass is 349 g/mol. The first-order valence-electron chi connectivity index (χ1n) is 8.69. The fraction of sp³-hybridized carbons (Fsp3) is 0.250. The van der Waals surface area contributed by atoms with Crippen LogP contribution in [0.4, 0.5) is 0 Å². The van der Waals surface area contributed by atoms with Gasteiger partial charge in [0.2, 0.25) is 5.91 Å². The van der Waals surface area contributed by atoms with Crippen molar-refractivity contribution in [3.63, 3.8) is 0 Å². The number of hydrogen-bond donors (Lipinski definition) is 0. The number of fused-ring (bicyclic) bond motifs is 1. The lowest BCUT2D eigenvalue weighted by Crippen LogP contribution is -2.42. The minimum atomic E-state index is -0.0760. The molecule has 0 radical (unpaired) electrons. The molecule has 0 bridgehead atoms. The lowest BCUT2D eigenvalue weighted by atomic mass is 10.0. The Bertz CT molecular complexity index is 1000. The van der Waals surface area contributed by atoms with E-state index in [2.05, 4.69) is 4.98 Å². The zero-order valence-electron chi connectivity index (χ0n) is 14.2. The van der Waals surface area contributed by atoms with E-state index >= 15 is 0 Å². The summed E-state index contributed by atoms with van der Waals surface area (Å²) < 4.78 is 6.87. The Hall–Kier alpha value is -3.15. The number of hydrogen-bond acceptors (Lipinski definition) is 4. The molecule has 1 saturated heterocycles. The molecular formula is C20H19N3O3. The van der Waals surface area contributed by atoms with E-state index in [1.54, 1.807) is 46.3 Å². The first-order valence-corrected chi connectivity index (χ1v) is 8.69. The Kier molecular flexibility index (Phi) is 4.39. The largest absolute Gasteiger partial charge is 0.465 e. The average molecular weight is 349 g/mol. The van der Waals surface area contributed by atoms with E-state index in [9.17, 15) is 9.59 Å². The summed E-state index contributed by atoms with van der Waals surface area (Å²) in [4.78, 5) is 31.4. The van der Waals surface area contributed by atoms with E-state index < -0.39 is 0 Å². The Balaban J connectivity index is 1.54. The first-order chi connectivity index (χ1) is 12.7. The van der Waals surface area contributed by atoms with Crippen LogP contribution in [0.5, 0.6) is 0 Å². The highest BCUT2D eigenvalue weighted by Gasteiger charge is 2.24. The summed E-state index contributed by atoms with van der Waals surface area (Å²) >= 11 is 0. The van der Waals surface area contributed by atoms with Crippen molar-refractivity contribution in [1.82, 2.24) is 14.5 Å². The molecule has 0 saturated carbocycles. The quantitative estimate of drug-likeness (QED) is 0.682. The van der Waals surface area contributed by atoms with Gasteiger partial charge in [-0.2, -0.15) is 0 Å². The van der Waals surface area contributed by atoms with Crippen LogP contribution in [0.2, 0.25) is 0 Å². The number of amides is 1. The highest BCUT2D eigenvalue weighted by Crippen LogP contribution is 2.21. The predicted molar refractivity (Wildman–Crippen MR) is 98.6 cm³/mol. The molecule has 0 unspecified atom stereocenters. The van der Waals surface area contributed by atoms with Gasteiger partial charge in [-0.1, -0.05) is 12.1 Å². The van der Waals surface area contributed by atoms with Gasteiger partial charge in [0, 0.05) is 19.2 Å².